The highest BCUT2D eigenvalue weighted by Gasteiger charge is 2.03. The lowest BCUT2D eigenvalue weighted by atomic mass is 10.2. The van der Waals surface area contributed by atoms with Crippen molar-refractivity contribution in [2.24, 2.45) is 0 Å². The smallest absolute Gasteiger partial charge is 0.169 e. The molecule has 1 aromatic heterocycles. The highest BCUT2D eigenvalue weighted by atomic mass is 19.1. The van der Waals surface area contributed by atoms with Gasteiger partial charge in [-0.25, -0.2) is 9.37 Å². The molecule has 4 nitrogen and oxygen atoms in total. The van der Waals surface area contributed by atoms with Crippen molar-refractivity contribution >= 4 is 11.6 Å². The third kappa shape index (κ3) is 2.31. The number of imidazole rings is 1. The Balaban J connectivity index is 2.02. The van der Waals surface area contributed by atoms with Crippen LogP contribution in [0.3, 0.4) is 0 Å². The normalized spacial score (nSPS) is 10.4. The van der Waals surface area contributed by atoms with Gasteiger partial charge in [-0.15, -0.1) is 0 Å². The molecular formula is C11H13FN4. The van der Waals surface area contributed by atoms with Crippen LogP contribution in [0.25, 0.3) is 0 Å². The van der Waals surface area contributed by atoms with Crippen molar-refractivity contribution < 1.29 is 4.39 Å². The topological polar surface area (TPSA) is 66.7 Å². The highest BCUT2D eigenvalue weighted by Crippen LogP contribution is 2.15. The van der Waals surface area contributed by atoms with E-state index in [9.17, 15) is 4.39 Å². The Hall–Kier alpha value is -2.04. The molecular weight excluding hydrogens is 207 g/mol. The van der Waals surface area contributed by atoms with Crippen molar-refractivity contribution in [3.8, 4) is 0 Å². The van der Waals surface area contributed by atoms with Gasteiger partial charge >= 0.3 is 0 Å². The molecule has 0 spiro atoms. The average Bonchev–Trinajstić information content (AvgIpc) is 2.57. The number of H-pyrrole nitrogens is 1. The summed E-state index contributed by atoms with van der Waals surface area (Å²) in [5, 5.41) is 3.08. The van der Waals surface area contributed by atoms with Gasteiger partial charge in [0.25, 0.3) is 0 Å². The zero-order valence-corrected chi connectivity index (χ0v) is 8.92. The van der Waals surface area contributed by atoms with Crippen molar-refractivity contribution in [1.82, 2.24) is 9.97 Å². The van der Waals surface area contributed by atoms with E-state index in [4.69, 9.17) is 5.73 Å². The lowest BCUT2D eigenvalue weighted by Gasteiger charge is -2.03. The van der Waals surface area contributed by atoms with Crippen LogP contribution in [0.2, 0.25) is 0 Å². The van der Waals surface area contributed by atoms with E-state index in [1.807, 2.05) is 6.92 Å². The number of aromatic amines is 1. The molecule has 0 amide bonds. The molecule has 0 radical (unpaired) electrons. The van der Waals surface area contributed by atoms with E-state index in [-0.39, 0.29) is 5.82 Å². The second-order valence-corrected chi connectivity index (χ2v) is 3.56. The van der Waals surface area contributed by atoms with E-state index < -0.39 is 0 Å². The summed E-state index contributed by atoms with van der Waals surface area (Å²) in [4.78, 5) is 7.07. The number of anilines is 2. The first-order valence-corrected chi connectivity index (χ1v) is 4.95. The maximum absolute atomic E-state index is 12.7. The fourth-order valence-electron chi connectivity index (χ4n) is 1.43. The highest BCUT2D eigenvalue weighted by molar-refractivity contribution is 5.57. The monoisotopic (exact) mass is 220 g/mol. The molecule has 0 unspecified atom stereocenters. The molecule has 0 bridgehead atoms. The van der Waals surface area contributed by atoms with Crippen LogP contribution in [0.4, 0.5) is 16.0 Å². The van der Waals surface area contributed by atoms with Crippen LogP contribution < -0.4 is 11.1 Å². The van der Waals surface area contributed by atoms with E-state index in [2.05, 4.69) is 15.3 Å². The number of hydrogen-bond acceptors (Lipinski definition) is 3. The number of halogens is 1. The van der Waals surface area contributed by atoms with Crippen LogP contribution >= 0.6 is 0 Å². The standard InChI is InChI=1S/C11H13FN4/c1-7-15-10(13)11(16-7)14-6-8-2-4-9(12)5-3-8/h2-5,14H,6,13H2,1H3,(H,15,16). The second-order valence-electron chi connectivity index (χ2n) is 3.56. The molecule has 0 aliphatic carbocycles. The first-order chi connectivity index (χ1) is 7.65. The molecule has 5 heteroatoms. The maximum Gasteiger partial charge on any atom is 0.169 e. The number of benzene rings is 1. The Morgan fingerprint density at radius 1 is 1.38 bits per heavy atom. The van der Waals surface area contributed by atoms with Crippen molar-refractivity contribution in [2.45, 2.75) is 13.5 Å². The summed E-state index contributed by atoms with van der Waals surface area (Å²) >= 11 is 0. The largest absolute Gasteiger partial charge is 0.382 e. The van der Waals surface area contributed by atoms with Crippen LogP contribution in [0.5, 0.6) is 0 Å². The van der Waals surface area contributed by atoms with Gasteiger partial charge in [-0.2, -0.15) is 0 Å². The molecule has 0 fully saturated rings. The van der Waals surface area contributed by atoms with Crippen LogP contribution in [0.15, 0.2) is 24.3 Å². The minimum atomic E-state index is -0.237. The Kier molecular flexibility index (Phi) is 2.76. The van der Waals surface area contributed by atoms with Crippen molar-refractivity contribution in [1.29, 1.82) is 0 Å². The molecule has 1 heterocycles. The SMILES string of the molecule is Cc1nc(NCc2ccc(F)cc2)c(N)[nH]1. The van der Waals surface area contributed by atoms with Crippen molar-refractivity contribution in [2.75, 3.05) is 11.1 Å². The van der Waals surface area contributed by atoms with Crippen LogP contribution in [0.1, 0.15) is 11.4 Å². The molecule has 4 N–H and O–H groups in total. The summed E-state index contributed by atoms with van der Waals surface area (Å²) in [6.07, 6.45) is 0. The van der Waals surface area contributed by atoms with Gasteiger partial charge in [0.15, 0.2) is 5.82 Å². The minimum absolute atomic E-state index is 0.237. The van der Waals surface area contributed by atoms with Crippen molar-refractivity contribution in [3.05, 3.63) is 41.5 Å². The van der Waals surface area contributed by atoms with Gasteiger partial charge in [0.1, 0.15) is 17.5 Å². The lowest BCUT2D eigenvalue weighted by molar-refractivity contribution is 0.627. The zero-order chi connectivity index (χ0) is 11.5. The van der Waals surface area contributed by atoms with Gasteiger partial charge in [-0.05, 0) is 24.6 Å². The second kappa shape index (κ2) is 4.22. The number of nitrogens with two attached hydrogens (primary N) is 1. The van der Waals surface area contributed by atoms with Crippen LogP contribution in [0, 0.1) is 12.7 Å². The number of aryl methyl sites for hydroxylation is 1. The minimum Gasteiger partial charge on any atom is -0.382 e. The predicted octanol–water partition coefficient (Wildman–Crippen LogP) is 2.05. The molecule has 2 rings (SSSR count). The number of hydrogen-bond donors (Lipinski definition) is 3. The number of nitrogen functional groups attached to an aromatic ring is 1. The summed E-state index contributed by atoms with van der Waals surface area (Å²) in [7, 11) is 0. The van der Waals surface area contributed by atoms with E-state index in [0.29, 0.717) is 18.2 Å². The Morgan fingerprint density at radius 3 is 2.62 bits per heavy atom. The summed E-state index contributed by atoms with van der Waals surface area (Å²) in [6, 6.07) is 6.29. The molecule has 2 aromatic rings. The van der Waals surface area contributed by atoms with Gasteiger partial charge in [0, 0.05) is 6.54 Å². The molecule has 0 aliphatic heterocycles. The van der Waals surface area contributed by atoms with Gasteiger partial charge in [-0.3, -0.25) is 0 Å². The number of rotatable bonds is 3. The van der Waals surface area contributed by atoms with Gasteiger partial charge in [0.05, 0.1) is 0 Å². The molecule has 84 valence electrons. The van der Waals surface area contributed by atoms with E-state index >= 15 is 0 Å². The molecule has 0 aliphatic rings. The third-order valence-corrected chi connectivity index (χ3v) is 2.22. The van der Waals surface area contributed by atoms with E-state index in [1.165, 1.54) is 12.1 Å². The van der Waals surface area contributed by atoms with Gasteiger partial charge in [-0.1, -0.05) is 12.1 Å². The lowest BCUT2D eigenvalue weighted by Crippen LogP contribution is -2.02. The number of nitrogens with one attached hydrogen (secondary N) is 2. The van der Waals surface area contributed by atoms with E-state index in [0.717, 1.165) is 11.4 Å². The molecule has 1 aromatic carbocycles. The first-order valence-electron chi connectivity index (χ1n) is 4.95. The summed E-state index contributed by atoms with van der Waals surface area (Å²) in [5.41, 5.74) is 6.66. The Labute approximate surface area is 92.7 Å². The van der Waals surface area contributed by atoms with E-state index in [1.54, 1.807) is 12.1 Å². The fraction of sp³-hybridized carbons (Fsp3) is 0.182. The van der Waals surface area contributed by atoms with Crippen LogP contribution in [-0.4, -0.2) is 9.97 Å². The average molecular weight is 220 g/mol. The Bertz CT molecular complexity index is 475. The fourth-order valence-corrected chi connectivity index (χ4v) is 1.43. The number of nitrogens with zero attached hydrogens (tertiary/aromatic N) is 1. The van der Waals surface area contributed by atoms with Crippen LogP contribution in [-0.2, 0) is 6.54 Å². The summed E-state index contributed by atoms with van der Waals surface area (Å²) in [6.45, 7) is 2.40. The van der Waals surface area contributed by atoms with Gasteiger partial charge < -0.3 is 16.0 Å². The molecule has 0 saturated heterocycles. The predicted molar refractivity (Wildman–Crippen MR) is 61.5 cm³/mol. The first kappa shape index (κ1) is 10.5. The molecule has 16 heavy (non-hydrogen) atoms. The third-order valence-electron chi connectivity index (χ3n) is 2.22. The Morgan fingerprint density at radius 2 is 2.06 bits per heavy atom. The van der Waals surface area contributed by atoms with Crippen molar-refractivity contribution in [3.63, 3.8) is 0 Å². The maximum atomic E-state index is 12.7. The van der Waals surface area contributed by atoms with Gasteiger partial charge in [0.2, 0.25) is 0 Å². The quantitative estimate of drug-likeness (QED) is 0.741. The zero-order valence-electron chi connectivity index (χ0n) is 8.92. The molecule has 0 saturated carbocycles. The summed E-state index contributed by atoms with van der Waals surface area (Å²) in [5.74, 6) is 1.67. The number of aromatic nitrogens is 2. The summed E-state index contributed by atoms with van der Waals surface area (Å²) < 4.78 is 12.7. The molecule has 0 atom stereocenters.